The average Bonchev–Trinajstić information content (AvgIpc) is 2.50. The molecule has 1 unspecified atom stereocenters. The first kappa shape index (κ1) is 20.7. The third-order valence-corrected chi connectivity index (χ3v) is 5.24. The molecule has 152 valence electrons. The third kappa shape index (κ3) is 4.70. The molecular weight excluding hydrogens is 405 g/mol. The van der Waals surface area contributed by atoms with Crippen LogP contribution in [-0.2, 0) is 14.3 Å². The van der Waals surface area contributed by atoms with Crippen LogP contribution in [0.15, 0.2) is 12.1 Å². The highest BCUT2D eigenvalue weighted by molar-refractivity contribution is 6.37. The van der Waals surface area contributed by atoms with Crippen molar-refractivity contribution in [3.8, 4) is 0 Å². The summed E-state index contributed by atoms with van der Waals surface area (Å²) in [6.07, 6.45) is 0.200. The molecule has 1 aromatic carbocycles. The van der Waals surface area contributed by atoms with Crippen molar-refractivity contribution in [3.63, 3.8) is 0 Å². The molecule has 0 aromatic heterocycles. The van der Waals surface area contributed by atoms with E-state index in [0.717, 1.165) is 5.69 Å². The van der Waals surface area contributed by atoms with Crippen LogP contribution in [0.2, 0.25) is 10.0 Å². The van der Waals surface area contributed by atoms with E-state index in [2.05, 4.69) is 10.6 Å². The number of nitrogens with zero attached hydrogens (tertiary/aromatic N) is 1. The summed E-state index contributed by atoms with van der Waals surface area (Å²) in [6.45, 7) is 6.64. The van der Waals surface area contributed by atoms with Crippen LogP contribution in [0.4, 0.5) is 10.5 Å². The van der Waals surface area contributed by atoms with Gasteiger partial charge in [0.15, 0.2) is 0 Å². The smallest absolute Gasteiger partial charge is 0.407 e. The van der Waals surface area contributed by atoms with Gasteiger partial charge < -0.3 is 15.0 Å². The minimum Gasteiger partial charge on any atom is -0.444 e. The second-order valence-corrected chi connectivity index (χ2v) is 8.89. The number of imide groups is 1. The number of carbonyl (C=O) groups excluding carboxylic acids is 3. The van der Waals surface area contributed by atoms with Gasteiger partial charge in [-0.15, -0.1) is 0 Å². The van der Waals surface area contributed by atoms with Crippen LogP contribution >= 0.6 is 23.2 Å². The highest BCUT2D eigenvalue weighted by Crippen LogP contribution is 2.39. The molecule has 2 N–H and O–H groups in total. The summed E-state index contributed by atoms with van der Waals surface area (Å²) in [6, 6.07) is 3.49. The molecule has 2 saturated heterocycles. The molecule has 1 atom stereocenters. The molecule has 7 nitrogen and oxygen atoms in total. The van der Waals surface area contributed by atoms with E-state index < -0.39 is 17.6 Å². The molecular formula is C19H23Cl2N3O4. The molecule has 3 amide bonds. The fourth-order valence-electron chi connectivity index (χ4n) is 3.31. The summed E-state index contributed by atoms with van der Waals surface area (Å²) >= 11 is 12.8. The quantitative estimate of drug-likeness (QED) is 0.722. The van der Waals surface area contributed by atoms with Gasteiger partial charge in [-0.25, -0.2) is 4.79 Å². The molecule has 9 heteroatoms. The Hall–Kier alpha value is -1.99. The van der Waals surface area contributed by atoms with E-state index in [-0.39, 0.29) is 24.3 Å². The number of rotatable bonds is 3. The molecule has 28 heavy (non-hydrogen) atoms. The highest BCUT2D eigenvalue weighted by Gasteiger charge is 2.34. The highest BCUT2D eigenvalue weighted by atomic mass is 35.5. The number of amides is 3. The van der Waals surface area contributed by atoms with Crippen molar-refractivity contribution in [2.75, 3.05) is 18.0 Å². The van der Waals surface area contributed by atoms with Crippen LogP contribution < -0.4 is 15.5 Å². The van der Waals surface area contributed by atoms with Crippen molar-refractivity contribution in [1.29, 1.82) is 0 Å². The van der Waals surface area contributed by atoms with Crippen LogP contribution in [0.3, 0.4) is 0 Å². The van der Waals surface area contributed by atoms with Gasteiger partial charge in [0.25, 0.3) is 0 Å². The zero-order chi connectivity index (χ0) is 20.6. The fraction of sp³-hybridized carbons (Fsp3) is 0.526. The van der Waals surface area contributed by atoms with E-state index >= 15 is 0 Å². The van der Waals surface area contributed by atoms with Crippen molar-refractivity contribution < 1.29 is 19.1 Å². The second kappa shape index (κ2) is 7.79. The number of hydrogen-bond donors (Lipinski definition) is 2. The molecule has 1 aromatic rings. The largest absolute Gasteiger partial charge is 0.444 e. The predicted octanol–water partition coefficient (Wildman–Crippen LogP) is 3.23. The number of hydrogen-bond acceptors (Lipinski definition) is 5. The van der Waals surface area contributed by atoms with Gasteiger partial charge in [-0.1, -0.05) is 23.2 Å². The minimum absolute atomic E-state index is 0.0257. The van der Waals surface area contributed by atoms with E-state index in [1.807, 2.05) is 25.7 Å². The summed E-state index contributed by atoms with van der Waals surface area (Å²) in [5, 5.41) is 5.92. The summed E-state index contributed by atoms with van der Waals surface area (Å²) in [4.78, 5) is 37.3. The summed E-state index contributed by atoms with van der Waals surface area (Å²) in [5.41, 5.74) is 0.815. The van der Waals surface area contributed by atoms with Crippen molar-refractivity contribution in [2.24, 2.45) is 0 Å². The molecule has 0 bridgehead atoms. The van der Waals surface area contributed by atoms with Gasteiger partial charge in [-0.05, 0) is 39.3 Å². The Labute approximate surface area is 173 Å². The van der Waals surface area contributed by atoms with Crippen LogP contribution in [0.1, 0.15) is 45.1 Å². The monoisotopic (exact) mass is 427 g/mol. The SMILES string of the molecule is CC(C)(C)OC(=O)NC1CN(c2cc(Cl)c(C3CCC(=O)NC3=O)c(Cl)c2)C1. The first-order valence-electron chi connectivity index (χ1n) is 9.10. The summed E-state index contributed by atoms with van der Waals surface area (Å²) in [7, 11) is 0. The van der Waals surface area contributed by atoms with Crippen molar-refractivity contribution in [1.82, 2.24) is 10.6 Å². The number of benzene rings is 1. The number of piperidine rings is 1. The molecule has 2 aliphatic rings. The number of halogens is 2. The van der Waals surface area contributed by atoms with E-state index in [1.54, 1.807) is 12.1 Å². The second-order valence-electron chi connectivity index (χ2n) is 8.07. The Kier molecular flexibility index (Phi) is 5.77. The van der Waals surface area contributed by atoms with Crippen molar-refractivity contribution >= 4 is 46.8 Å². The Morgan fingerprint density at radius 3 is 2.36 bits per heavy atom. The van der Waals surface area contributed by atoms with E-state index in [1.165, 1.54) is 0 Å². The number of carbonyl (C=O) groups is 3. The van der Waals surface area contributed by atoms with Gasteiger partial charge in [-0.2, -0.15) is 0 Å². The van der Waals surface area contributed by atoms with Gasteiger partial charge in [-0.3, -0.25) is 14.9 Å². The van der Waals surface area contributed by atoms with E-state index in [4.69, 9.17) is 27.9 Å². The molecule has 0 radical (unpaired) electrons. The summed E-state index contributed by atoms with van der Waals surface area (Å²) < 4.78 is 5.25. The maximum absolute atomic E-state index is 12.1. The van der Waals surface area contributed by atoms with E-state index in [0.29, 0.717) is 35.1 Å². The Bertz CT molecular complexity index is 793. The number of alkyl carbamates (subject to hydrolysis) is 1. The molecule has 0 spiro atoms. The first-order chi connectivity index (χ1) is 13.0. The Balaban J connectivity index is 1.64. The summed E-state index contributed by atoms with van der Waals surface area (Å²) in [5.74, 6) is -1.20. The molecule has 2 heterocycles. The van der Waals surface area contributed by atoms with Gasteiger partial charge in [0.1, 0.15) is 5.60 Å². The van der Waals surface area contributed by atoms with Crippen LogP contribution in [0.5, 0.6) is 0 Å². The lowest BCUT2D eigenvalue weighted by molar-refractivity contribution is -0.134. The molecule has 0 aliphatic carbocycles. The van der Waals surface area contributed by atoms with Gasteiger partial charge in [0.2, 0.25) is 11.8 Å². The third-order valence-electron chi connectivity index (χ3n) is 4.62. The zero-order valence-electron chi connectivity index (χ0n) is 16.0. The maximum Gasteiger partial charge on any atom is 0.407 e. The van der Waals surface area contributed by atoms with Crippen molar-refractivity contribution in [3.05, 3.63) is 27.7 Å². The Morgan fingerprint density at radius 2 is 1.82 bits per heavy atom. The molecule has 2 aliphatic heterocycles. The Morgan fingerprint density at radius 1 is 1.21 bits per heavy atom. The minimum atomic E-state index is -0.541. The number of nitrogens with one attached hydrogen (secondary N) is 2. The van der Waals surface area contributed by atoms with Gasteiger partial charge in [0, 0.05) is 40.8 Å². The number of anilines is 1. The first-order valence-corrected chi connectivity index (χ1v) is 9.86. The van der Waals surface area contributed by atoms with Gasteiger partial charge >= 0.3 is 6.09 Å². The standard InChI is InChI=1S/C19H23Cl2N3O4/c1-19(2,3)28-18(27)22-10-8-24(9-10)11-6-13(20)16(14(21)7-11)12-4-5-15(25)23-17(12)26/h6-7,10,12H,4-5,8-9H2,1-3H3,(H,22,27)(H,23,25,26). The van der Waals surface area contributed by atoms with Gasteiger partial charge in [0.05, 0.1) is 12.0 Å². The molecule has 3 rings (SSSR count). The van der Waals surface area contributed by atoms with Crippen LogP contribution in [0, 0.1) is 0 Å². The van der Waals surface area contributed by atoms with Crippen molar-refractivity contribution in [2.45, 2.75) is 51.2 Å². The zero-order valence-corrected chi connectivity index (χ0v) is 17.5. The van der Waals surface area contributed by atoms with E-state index in [9.17, 15) is 14.4 Å². The molecule has 2 fully saturated rings. The molecule has 0 saturated carbocycles. The predicted molar refractivity (Wildman–Crippen MR) is 107 cm³/mol. The topological polar surface area (TPSA) is 87.7 Å². The lowest BCUT2D eigenvalue weighted by atomic mass is 9.90. The van der Waals surface area contributed by atoms with Crippen LogP contribution in [-0.4, -0.2) is 42.6 Å². The normalized spacial score (nSPS) is 20.5. The van der Waals surface area contributed by atoms with Crippen LogP contribution in [0.25, 0.3) is 0 Å². The maximum atomic E-state index is 12.1. The lowest BCUT2D eigenvalue weighted by Gasteiger charge is -2.41. The average molecular weight is 428 g/mol. The number of ether oxygens (including phenoxy) is 1. The fourth-order valence-corrected chi connectivity index (χ4v) is 4.05. The lowest BCUT2D eigenvalue weighted by Crippen LogP contribution is -2.60.